The van der Waals surface area contributed by atoms with Crippen molar-refractivity contribution in [3.63, 3.8) is 0 Å². The Labute approximate surface area is 173 Å². The number of para-hydroxylation sites is 1. The maximum atomic E-state index is 12.9. The van der Waals surface area contributed by atoms with Crippen LogP contribution >= 0.6 is 11.8 Å². The van der Waals surface area contributed by atoms with Gasteiger partial charge in [-0.2, -0.15) is 0 Å². The Balaban J connectivity index is 1.47. The Morgan fingerprint density at radius 1 is 1.14 bits per heavy atom. The van der Waals surface area contributed by atoms with Crippen LogP contribution in [0.25, 0.3) is 11.5 Å². The smallest absolute Gasteiger partial charge is 0.277 e. The van der Waals surface area contributed by atoms with Crippen molar-refractivity contribution in [1.82, 2.24) is 10.2 Å². The minimum absolute atomic E-state index is 0.0332. The molecule has 0 fully saturated rings. The van der Waals surface area contributed by atoms with Gasteiger partial charge in [-0.3, -0.25) is 4.79 Å². The Bertz CT molecular complexity index is 1040. The van der Waals surface area contributed by atoms with Crippen molar-refractivity contribution in [3.05, 3.63) is 48.0 Å². The van der Waals surface area contributed by atoms with Crippen LogP contribution in [0.4, 0.5) is 5.69 Å². The maximum Gasteiger partial charge on any atom is 0.277 e. The molecule has 8 heteroatoms. The van der Waals surface area contributed by atoms with Crippen LogP contribution in [0.3, 0.4) is 0 Å². The third-order valence-corrected chi connectivity index (χ3v) is 5.74. The summed E-state index contributed by atoms with van der Waals surface area (Å²) in [6, 6.07) is 13.4. The van der Waals surface area contributed by atoms with Crippen molar-refractivity contribution < 1.29 is 18.7 Å². The monoisotopic (exact) mass is 411 g/mol. The highest BCUT2D eigenvalue weighted by Gasteiger charge is 2.29. The van der Waals surface area contributed by atoms with E-state index in [0.717, 1.165) is 17.7 Å². The molecule has 150 valence electrons. The molecule has 0 unspecified atom stereocenters. The maximum absolute atomic E-state index is 12.9. The number of amides is 1. The first-order chi connectivity index (χ1) is 14.1. The predicted molar refractivity (Wildman–Crippen MR) is 111 cm³/mol. The van der Waals surface area contributed by atoms with E-state index in [1.807, 2.05) is 36.1 Å². The van der Waals surface area contributed by atoms with Gasteiger partial charge in [0, 0.05) is 17.8 Å². The van der Waals surface area contributed by atoms with Gasteiger partial charge in [-0.1, -0.05) is 30.0 Å². The lowest BCUT2D eigenvalue weighted by Crippen LogP contribution is -2.35. The number of nitrogens with zero attached hydrogens (tertiary/aromatic N) is 3. The summed E-state index contributed by atoms with van der Waals surface area (Å²) in [5.41, 5.74) is 2.91. The van der Waals surface area contributed by atoms with Crippen LogP contribution in [0.15, 0.2) is 52.1 Å². The van der Waals surface area contributed by atoms with Crippen LogP contribution in [-0.2, 0) is 11.2 Å². The molecular weight excluding hydrogens is 390 g/mol. The van der Waals surface area contributed by atoms with Crippen molar-refractivity contribution in [2.24, 2.45) is 0 Å². The Hall–Kier alpha value is -3.00. The highest BCUT2D eigenvalue weighted by atomic mass is 32.2. The summed E-state index contributed by atoms with van der Waals surface area (Å²) in [5, 5.41) is 8.19. The van der Waals surface area contributed by atoms with Crippen molar-refractivity contribution in [3.8, 4) is 23.0 Å². The van der Waals surface area contributed by atoms with E-state index < -0.39 is 0 Å². The van der Waals surface area contributed by atoms with E-state index in [-0.39, 0.29) is 11.2 Å². The van der Waals surface area contributed by atoms with Crippen molar-refractivity contribution in [2.75, 3.05) is 25.7 Å². The van der Waals surface area contributed by atoms with E-state index in [4.69, 9.17) is 13.9 Å². The summed E-state index contributed by atoms with van der Waals surface area (Å²) in [6.07, 6.45) is 0.878. The van der Waals surface area contributed by atoms with Crippen LogP contribution in [0, 0.1) is 0 Å². The molecule has 1 aromatic heterocycles. The standard InChI is InChI=1S/C21H21N3O4S/c1-13(20(25)24-11-10-14-6-4-5-7-16(14)24)29-21-23-22-19(28-21)15-8-9-17(26-2)18(12-15)27-3/h4-9,12-13H,10-11H2,1-3H3/t13-/m0/s1. The number of aromatic nitrogens is 2. The number of methoxy groups -OCH3 is 2. The van der Waals surface area contributed by atoms with E-state index >= 15 is 0 Å². The van der Waals surface area contributed by atoms with Gasteiger partial charge in [0.25, 0.3) is 5.22 Å². The fourth-order valence-corrected chi connectivity index (χ4v) is 4.08. The molecule has 0 N–H and O–H groups in total. The van der Waals surface area contributed by atoms with E-state index in [0.29, 0.717) is 29.2 Å². The van der Waals surface area contributed by atoms with Gasteiger partial charge in [-0.15, -0.1) is 10.2 Å². The minimum Gasteiger partial charge on any atom is -0.493 e. The molecule has 1 aliphatic heterocycles. The summed E-state index contributed by atoms with van der Waals surface area (Å²) in [5.74, 6) is 1.59. The number of hydrogen-bond donors (Lipinski definition) is 0. The first-order valence-corrected chi connectivity index (χ1v) is 10.1. The quantitative estimate of drug-likeness (QED) is 0.571. The normalized spacial score (nSPS) is 13.8. The zero-order valence-corrected chi connectivity index (χ0v) is 17.2. The molecule has 0 saturated carbocycles. The number of benzene rings is 2. The second kappa shape index (κ2) is 8.16. The molecule has 0 aliphatic carbocycles. The van der Waals surface area contributed by atoms with Gasteiger partial charge in [-0.05, 0) is 43.2 Å². The zero-order chi connectivity index (χ0) is 20.4. The average Bonchev–Trinajstić information content (AvgIpc) is 3.39. The number of carbonyl (C=O) groups is 1. The second-order valence-electron chi connectivity index (χ2n) is 6.57. The van der Waals surface area contributed by atoms with Crippen LogP contribution in [0.5, 0.6) is 11.5 Å². The summed E-state index contributed by atoms with van der Waals surface area (Å²) in [4.78, 5) is 14.8. The minimum atomic E-state index is -0.347. The van der Waals surface area contributed by atoms with Gasteiger partial charge in [0.15, 0.2) is 11.5 Å². The van der Waals surface area contributed by atoms with Crippen molar-refractivity contribution in [2.45, 2.75) is 23.8 Å². The molecule has 0 radical (unpaired) electrons. The number of thioether (sulfide) groups is 1. The molecular formula is C21H21N3O4S. The lowest BCUT2D eigenvalue weighted by Gasteiger charge is -2.20. The largest absolute Gasteiger partial charge is 0.493 e. The van der Waals surface area contributed by atoms with Gasteiger partial charge < -0.3 is 18.8 Å². The fraction of sp³-hybridized carbons (Fsp3) is 0.286. The Morgan fingerprint density at radius 2 is 1.93 bits per heavy atom. The molecule has 2 heterocycles. The average molecular weight is 411 g/mol. The number of ether oxygens (including phenoxy) is 2. The highest BCUT2D eigenvalue weighted by Crippen LogP contribution is 2.34. The van der Waals surface area contributed by atoms with Crippen LogP contribution < -0.4 is 14.4 Å². The lowest BCUT2D eigenvalue weighted by atomic mass is 10.2. The van der Waals surface area contributed by atoms with Gasteiger partial charge in [0.05, 0.1) is 19.5 Å². The summed E-state index contributed by atoms with van der Waals surface area (Å²) >= 11 is 1.26. The molecule has 3 aromatic rings. The summed E-state index contributed by atoms with van der Waals surface area (Å²) in [6.45, 7) is 2.55. The fourth-order valence-electron chi connectivity index (χ4n) is 3.33. The molecule has 1 aliphatic rings. The van der Waals surface area contributed by atoms with Gasteiger partial charge >= 0.3 is 0 Å². The number of anilines is 1. The number of carbonyl (C=O) groups excluding carboxylic acids is 1. The lowest BCUT2D eigenvalue weighted by molar-refractivity contribution is -0.117. The summed E-state index contributed by atoms with van der Waals surface area (Å²) < 4.78 is 16.3. The molecule has 7 nitrogen and oxygen atoms in total. The van der Waals surface area contributed by atoms with E-state index in [1.165, 1.54) is 17.3 Å². The van der Waals surface area contributed by atoms with E-state index in [9.17, 15) is 4.79 Å². The molecule has 1 amide bonds. The van der Waals surface area contributed by atoms with E-state index in [2.05, 4.69) is 16.3 Å². The first kappa shape index (κ1) is 19.3. The molecule has 29 heavy (non-hydrogen) atoms. The van der Waals surface area contributed by atoms with Crippen molar-refractivity contribution >= 4 is 23.4 Å². The predicted octanol–water partition coefficient (Wildman–Crippen LogP) is 3.82. The topological polar surface area (TPSA) is 77.7 Å². The first-order valence-electron chi connectivity index (χ1n) is 9.22. The Kier molecular flexibility index (Phi) is 5.44. The molecule has 4 rings (SSSR count). The van der Waals surface area contributed by atoms with Crippen LogP contribution in [0.2, 0.25) is 0 Å². The number of hydrogen-bond acceptors (Lipinski definition) is 7. The van der Waals surface area contributed by atoms with E-state index in [1.54, 1.807) is 26.4 Å². The molecule has 0 spiro atoms. The molecule has 0 saturated heterocycles. The third-order valence-electron chi connectivity index (χ3n) is 4.82. The Morgan fingerprint density at radius 3 is 2.72 bits per heavy atom. The van der Waals surface area contributed by atoms with Crippen molar-refractivity contribution in [1.29, 1.82) is 0 Å². The second-order valence-corrected chi connectivity index (χ2v) is 7.86. The SMILES string of the molecule is COc1ccc(-c2nnc(S[C@@H](C)C(=O)N3CCc4ccccc43)o2)cc1OC. The number of rotatable bonds is 6. The van der Waals surface area contributed by atoms with Gasteiger partial charge in [0.2, 0.25) is 11.8 Å². The molecule has 1 atom stereocenters. The molecule has 0 bridgehead atoms. The third kappa shape index (κ3) is 3.80. The zero-order valence-electron chi connectivity index (χ0n) is 16.4. The van der Waals surface area contributed by atoms with Gasteiger partial charge in [0.1, 0.15) is 0 Å². The number of fused-ring (bicyclic) bond motifs is 1. The van der Waals surface area contributed by atoms with Gasteiger partial charge in [-0.25, -0.2) is 0 Å². The van der Waals surface area contributed by atoms with Crippen LogP contribution in [0.1, 0.15) is 12.5 Å². The highest BCUT2D eigenvalue weighted by molar-refractivity contribution is 8.00. The van der Waals surface area contributed by atoms with Crippen LogP contribution in [-0.4, -0.2) is 42.1 Å². The summed E-state index contributed by atoms with van der Waals surface area (Å²) in [7, 11) is 3.15. The molecule has 2 aromatic carbocycles.